The minimum Gasteiger partial charge on any atom is -0.356 e. The molecule has 2 aromatic rings. The van der Waals surface area contributed by atoms with Crippen molar-refractivity contribution in [2.24, 2.45) is 11.8 Å². The second-order valence-corrected chi connectivity index (χ2v) is 7.39. The first-order valence-electron chi connectivity index (χ1n) is 8.78. The lowest BCUT2D eigenvalue weighted by atomic mass is 9.89. The molecule has 0 spiro atoms. The van der Waals surface area contributed by atoms with Gasteiger partial charge in [-0.3, -0.25) is 14.5 Å². The fraction of sp³-hybridized carbons (Fsp3) is 0.474. The van der Waals surface area contributed by atoms with Crippen molar-refractivity contribution in [3.8, 4) is 0 Å². The first-order valence-corrected chi connectivity index (χ1v) is 8.78. The van der Waals surface area contributed by atoms with Gasteiger partial charge in [-0.1, -0.05) is 6.07 Å². The average Bonchev–Trinajstić information content (AvgIpc) is 2.99. The third kappa shape index (κ3) is 3.06. The van der Waals surface area contributed by atoms with Gasteiger partial charge >= 0.3 is 0 Å². The zero-order valence-corrected chi connectivity index (χ0v) is 14.2. The van der Waals surface area contributed by atoms with Crippen LogP contribution in [0.2, 0.25) is 0 Å². The molecule has 1 aromatic carbocycles. The molecule has 4 rings (SSSR count). The predicted octanol–water partition coefficient (Wildman–Crippen LogP) is 2.01. The molecule has 2 fully saturated rings. The van der Waals surface area contributed by atoms with E-state index in [0.717, 1.165) is 19.4 Å². The number of carbonyl (C=O) groups excluding carboxylic acids is 1. The van der Waals surface area contributed by atoms with E-state index in [1.165, 1.54) is 6.07 Å². The van der Waals surface area contributed by atoms with E-state index in [0.29, 0.717) is 41.9 Å². The van der Waals surface area contributed by atoms with Crippen LogP contribution in [0.15, 0.2) is 29.1 Å². The molecular weight excluding hydrogens is 321 g/mol. The van der Waals surface area contributed by atoms with E-state index in [2.05, 4.69) is 15.2 Å². The highest BCUT2D eigenvalue weighted by molar-refractivity contribution is 5.79. The molecule has 0 unspecified atom stereocenters. The number of amides is 1. The van der Waals surface area contributed by atoms with Crippen molar-refractivity contribution < 1.29 is 9.18 Å². The van der Waals surface area contributed by atoms with Crippen LogP contribution in [-0.4, -0.2) is 35.4 Å². The Hall–Kier alpha value is -2.21. The number of aromatic nitrogens is 1. The first-order chi connectivity index (χ1) is 12.0. The molecule has 2 aliphatic rings. The number of H-pyrrole nitrogens is 1. The van der Waals surface area contributed by atoms with E-state index in [1.54, 1.807) is 18.2 Å². The fourth-order valence-corrected chi connectivity index (χ4v) is 4.37. The molecule has 1 aliphatic heterocycles. The molecule has 1 aromatic heterocycles. The lowest BCUT2D eigenvalue weighted by Crippen LogP contribution is -2.38. The third-order valence-electron chi connectivity index (χ3n) is 5.74. The first kappa shape index (κ1) is 16.3. The van der Waals surface area contributed by atoms with Gasteiger partial charge in [-0.25, -0.2) is 4.39 Å². The smallest absolute Gasteiger partial charge is 0.220 e. The van der Waals surface area contributed by atoms with Crippen LogP contribution in [0.3, 0.4) is 0 Å². The molecule has 1 aliphatic carbocycles. The van der Waals surface area contributed by atoms with Crippen LogP contribution in [0, 0.1) is 17.7 Å². The van der Waals surface area contributed by atoms with E-state index >= 15 is 0 Å². The number of carbonyl (C=O) groups is 1. The molecule has 3 atom stereocenters. The van der Waals surface area contributed by atoms with Crippen molar-refractivity contribution in [1.82, 2.24) is 15.2 Å². The summed E-state index contributed by atoms with van der Waals surface area (Å²) in [6.45, 7) is 1.33. The quantitative estimate of drug-likeness (QED) is 0.896. The van der Waals surface area contributed by atoms with Crippen molar-refractivity contribution in [2.45, 2.75) is 31.8 Å². The molecular formula is C19H22FN3O2. The number of hydrogen-bond acceptors (Lipinski definition) is 3. The number of fused-ring (bicyclic) bond motifs is 2. The maximum absolute atomic E-state index is 14.0. The molecule has 5 nitrogen and oxygen atoms in total. The summed E-state index contributed by atoms with van der Waals surface area (Å²) in [5, 5.41) is 3.33. The molecule has 2 heterocycles. The number of pyridine rings is 1. The molecule has 2 N–H and O–H groups in total. The van der Waals surface area contributed by atoms with Crippen LogP contribution < -0.4 is 10.7 Å². The van der Waals surface area contributed by atoms with Crippen molar-refractivity contribution in [3.05, 3.63) is 46.0 Å². The second kappa shape index (κ2) is 6.26. The number of hydrogen-bond donors (Lipinski definition) is 2. The van der Waals surface area contributed by atoms with E-state index in [-0.39, 0.29) is 16.9 Å². The van der Waals surface area contributed by atoms with Gasteiger partial charge < -0.3 is 10.3 Å². The zero-order chi connectivity index (χ0) is 17.6. The Morgan fingerprint density at radius 2 is 2.04 bits per heavy atom. The van der Waals surface area contributed by atoms with E-state index in [9.17, 15) is 14.0 Å². The van der Waals surface area contributed by atoms with Crippen molar-refractivity contribution in [3.63, 3.8) is 0 Å². The summed E-state index contributed by atoms with van der Waals surface area (Å²) in [6, 6.07) is 6.48. The molecule has 0 bridgehead atoms. The maximum atomic E-state index is 14.0. The van der Waals surface area contributed by atoms with Crippen LogP contribution >= 0.6 is 0 Å². The number of nitrogens with one attached hydrogen (secondary N) is 2. The summed E-state index contributed by atoms with van der Waals surface area (Å²) in [5.74, 6) is 0.738. The number of nitrogens with zero attached hydrogens (tertiary/aromatic N) is 1. The van der Waals surface area contributed by atoms with E-state index in [4.69, 9.17) is 0 Å². The summed E-state index contributed by atoms with van der Waals surface area (Å²) in [5.41, 5.74) is 0.828. The van der Waals surface area contributed by atoms with Crippen molar-refractivity contribution in [1.29, 1.82) is 0 Å². The largest absolute Gasteiger partial charge is 0.356 e. The normalized spacial score (nSPS) is 26.0. The molecule has 1 saturated heterocycles. The number of para-hydroxylation sites is 1. The summed E-state index contributed by atoms with van der Waals surface area (Å²) in [7, 11) is 2.03. The molecule has 6 heteroatoms. The molecule has 25 heavy (non-hydrogen) atoms. The lowest BCUT2D eigenvalue weighted by molar-refractivity contribution is -0.124. The summed E-state index contributed by atoms with van der Waals surface area (Å²) in [6.07, 6.45) is 2.67. The number of piperidine rings is 1. The lowest BCUT2D eigenvalue weighted by Gasteiger charge is -2.24. The van der Waals surface area contributed by atoms with E-state index < -0.39 is 5.82 Å². The number of halogens is 1. The molecule has 132 valence electrons. The fourth-order valence-electron chi connectivity index (χ4n) is 4.37. The van der Waals surface area contributed by atoms with Gasteiger partial charge in [0.05, 0.1) is 5.52 Å². The summed E-state index contributed by atoms with van der Waals surface area (Å²) < 4.78 is 14.0. The Bertz CT molecular complexity index is 879. The van der Waals surface area contributed by atoms with Gasteiger partial charge in [-0.05, 0) is 43.9 Å². The topological polar surface area (TPSA) is 65.2 Å². The number of aromatic amines is 1. The Morgan fingerprint density at radius 1 is 1.24 bits per heavy atom. The monoisotopic (exact) mass is 343 g/mol. The minimum absolute atomic E-state index is 0.152. The third-order valence-corrected chi connectivity index (χ3v) is 5.74. The Kier molecular flexibility index (Phi) is 4.07. The SMILES string of the molecule is CN(Cc1cc(=O)c2cccc(F)c2[nH]1)[C@H]1C[C@H]2CNC(=O)C[C@H]2C1. The van der Waals surface area contributed by atoms with Crippen LogP contribution in [0.25, 0.3) is 10.9 Å². The minimum atomic E-state index is -0.407. The van der Waals surface area contributed by atoms with Crippen LogP contribution in [-0.2, 0) is 11.3 Å². The number of rotatable bonds is 3. The summed E-state index contributed by atoms with van der Waals surface area (Å²) in [4.78, 5) is 29.1. The highest BCUT2D eigenvalue weighted by Crippen LogP contribution is 2.38. The average molecular weight is 343 g/mol. The predicted molar refractivity (Wildman–Crippen MR) is 93.6 cm³/mol. The van der Waals surface area contributed by atoms with Gasteiger partial charge in [0, 0.05) is 42.7 Å². The Balaban J connectivity index is 1.52. The number of benzene rings is 1. The highest BCUT2D eigenvalue weighted by atomic mass is 19.1. The van der Waals surface area contributed by atoms with Gasteiger partial charge in [0.15, 0.2) is 5.43 Å². The van der Waals surface area contributed by atoms with Crippen molar-refractivity contribution in [2.75, 3.05) is 13.6 Å². The second-order valence-electron chi connectivity index (χ2n) is 7.39. The standard InChI is InChI=1S/C19H22FN3O2/c1-23(14-5-11-7-18(25)21-9-12(11)6-14)10-13-8-17(24)15-3-2-4-16(20)19(15)22-13/h2-4,8,11-12,14H,5-7,9-10H2,1H3,(H,21,25)(H,22,24)/t11-,12+,14-/m1/s1. The van der Waals surface area contributed by atoms with Gasteiger partial charge in [0.2, 0.25) is 5.91 Å². The van der Waals surface area contributed by atoms with Gasteiger partial charge in [0.25, 0.3) is 0 Å². The van der Waals surface area contributed by atoms with Crippen LogP contribution in [0.4, 0.5) is 4.39 Å². The van der Waals surface area contributed by atoms with Crippen LogP contribution in [0.1, 0.15) is 25.0 Å². The van der Waals surface area contributed by atoms with Crippen LogP contribution in [0.5, 0.6) is 0 Å². The molecule has 1 saturated carbocycles. The van der Waals surface area contributed by atoms with E-state index in [1.807, 2.05) is 7.05 Å². The van der Waals surface area contributed by atoms with Gasteiger partial charge in [-0.15, -0.1) is 0 Å². The Labute approximate surface area is 145 Å². The van der Waals surface area contributed by atoms with Gasteiger partial charge in [-0.2, -0.15) is 0 Å². The molecule has 0 radical (unpaired) electrons. The maximum Gasteiger partial charge on any atom is 0.220 e. The zero-order valence-electron chi connectivity index (χ0n) is 14.2. The highest BCUT2D eigenvalue weighted by Gasteiger charge is 2.39. The Morgan fingerprint density at radius 3 is 2.88 bits per heavy atom. The van der Waals surface area contributed by atoms with Gasteiger partial charge in [0.1, 0.15) is 5.82 Å². The molecule has 1 amide bonds. The van der Waals surface area contributed by atoms with Crippen molar-refractivity contribution >= 4 is 16.8 Å². The summed E-state index contributed by atoms with van der Waals surface area (Å²) >= 11 is 0.